The van der Waals surface area contributed by atoms with Gasteiger partial charge in [0, 0.05) is 0 Å². The first-order chi connectivity index (χ1) is 6.03. The van der Waals surface area contributed by atoms with Crippen molar-refractivity contribution in [2.45, 2.75) is 40.7 Å². The Hall–Kier alpha value is -0.420. The zero-order valence-corrected chi connectivity index (χ0v) is 10.2. The fourth-order valence-corrected chi connectivity index (χ4v) is 2.89. The Morgan fingerprint density at radius 2 is 1.79 bits per heavy atom. The standard InChI is InChI=1S/C9H19NO3S/c1-7(8(2)11)10-14(12,13)6-9(3,4)5/h7,10H,6H2,1-5H3. The third-order valence-corrected chi connectivity index (χ3v) is 3.55. The number of ketones is 1. The largest absolute Gasteiger partial charge is 0.298 e. The van der Waals surface area contributed by atoms with E-state index in [2.05, 4.69) is 4.72 Å². The molecule has 0 bridgehead atoms. The summed E-state index contributed by atoms with van der Waals surface area (Å²) in [7, 11) is -3.35. The van der Waals surface area contributed by atoms with Crippen molar-refractivity contribution in [1.29, 1.82) is 0 Å². The second kappa shape index (κ2) is 4.40. The molecule has 0 aromatic heterocycles. The molecule has 0 fully saturated rings. The maximum atomic E-state index is 11.5. The Morgan fingerprint density at radius 3 is 2.07 bits per heavy atom. The fraction of sp³-hybridized carbons (Fsp3) is 0.889. The highest BCUT2D eigenvalue weighted by atomic mass is 32.2. The van der Waals surface area contributed by atoms with Gasteiger partial charge in [-0.15, -0.1) is 0 Å². The lowest BCUT2D eigenvalue weighted by atomic mass is 10.0. The van der Waals surface area contributed by atoms with Crippen LogP contribution in [-0.4, -0.2) is 26.0 Å². The molecule has 1 atom stereocenters. The quantitative estimate of drug-likeness (QED) is 0.768. The van der Waals surface area contributed by atoms with Gasteiger partial charge in [-0.25, -0.2) is 13.1 Å². The third kappa shape index (κ3) is 6.10. The van der Waals surface area contributed by atoms with Crippen LogP contribution >= 0.6 is 0 Å². The van der Waals surface area contributed by atoms with E-state index >= 15 is 0 Å². The van der Waals surface area contributed by atoms with E-state index < -0.39 is 16.1 Å². The number of Topliss-reactive ketones (excluding diaryl/α,β-unsaturated/α-hetero) is 1. The number of nitrogens with one attached hydrogen (secondary N) is 1. The van der Waals surface area contributed by atoms with Gasteiger partial charge in [0.15, 0.2) is 0 Å². The minimum Gasteiger partial charge on any atom is -0.298 e. The monoisotopic (exact) mass is 221 g/mol. The van der Waals surface area contributed by atoms with Gasteiger partial charge in [0.25, 0.3) is 0 Å². The fourth-order valence-electron chi connectivity index (χ4n) is 0.964. The van der Waals surface area contributed by atoms with Crippen molar-refractivity contribution < 1.29 is 13.2 Å². The van der Waals surface area contributed by atoms with Crippen LogP contribution < -0.4 is 4.72 Å². The summed E-state index contributed by atoms with van der Waals surface area (Å²) in [5.74, 6) is -0.153. The molecule has 0 heterocycles. The number of sulfonamides is 1. The number of hydrogen-bond donors (Lipinski definition) is 1. The van der Waals surface area contributed by atoms with Crippen molar-refractivity contribution in [3.63, 3.8) is 0 Å². The number of hydrogen-bond acceptors (Lipinski definition) is 3. The van der Waals surface area contributed by atoms with E-state index in [0.717, 1.165) is 0 Å². The lowest BCUT2D eigenvalue weighted by Crippen LogP contribution is -2.41. The van der Waals surface area contributed by atoms with Crippen LogP contribution in [0.5, 0.6) is 0 Å². The maximum absolute atomic E-state index is 11.5. The van der Waals surface area contributed by atoms with Gasteiger partial charge in [0.1, 0.15) is 5.78 Å². The molecule has 0 aromatic rings. The molecule has 5 heteroatoms. The van der Waals surface area contributed by atoms with E-state index in [1.807, 2.05) is 20.8 Å². The average molecular weight is 221 g/mol. The summed E-state index contributed by atoms with van der Waals surface area (Å²) >= 11 is 0. The summed E-state index contributed by atoms with van der Waals surface area (Å²) in [6.07, 6.45) is 0. The van der Waals surface area contributed by atoms with Crippen molar-refractivity contribution in [3.05, 3.63) is 0 Å². The molecule has 0 aliphatic heterocycles. The van der Waals surface area contributed by atoms with E-state index in [-0.39, 0.29) is 17.0 Å². The van der Waals surface area contributed by atoms with Crippen molar-refractivity contribution in [1.82, 2.24) is 4.72 Å². The predicted molar refractivity (Wildman–Crippen MR) is 56.5 cm³/mol. The van der Waals surface area contributed by atoms with Crippen molar-refractivity contribution in [3.8, 4) is 0 Å². The van der Waals surface area contributed by atoms with Gasteiger partial charge in [-0.1, -0.05) is 20.8 Å². The van der Waals surface area contributed by atoms with Gasteiger partial charge < -0.3 is 0 Å². The summed E-state index contributed by atoms with van der Waals surface area (Å²) in [6.45, 7) is 8.42. The van der Waals surface area contributed by atoms with Crippen LogP contribution in [0.3, 0.4) is 0 Å². The molecular formula is C9H19NO3S. The molecule has 0 aromatic carbocycles. The van der Waals surface area contributed by atoms with E-state index in [4.69, 9.17) is 0 Å². The third-order valence-electron chi connectivity index (χ3n) is 1.59. The van der Waals surface area contributed by atoms with Crippen LogP contribution in [0.2, 0.25) is 0 Å². The molecule has 0 aliphatic carbocycles. The van der Waals surface area contributed by atoms with Gasteiger partial charge >= 0.3 is 0 Å². The van der Waals surface area contributed by atoms with E-state index in [1.54, 1.807) is 6.92 Å². The minimum absolute atomic E-state index is 0.0254. The second-order valence-corrected chi connectivity index (χ2v) is 6.52. The summed E-state index contributed by atoms with van der Waals surface area (Å²) in [5, 5.41) is 0. The Kier molecular flexibility index (Phi) is 4.27. The zero-order valence-electron chi connectivity index (χ0n) is 9.42. The molecule has 84 valence electrons. The van der Waals surface area contributed by atoms with Crippen LogP contribution in [0.15, 0.2) is 0 Å². The van der Waals surface area contributed by atoms with Crippen LogP contribution in [0, 0.1) is 5.41 Å². The molecule has 14 heavy (non-hydrogen) atoms. The van der Waals surface area contributed by atoms with E-state index in [1.165, 1.54) is 6.92 Å². The van der Waals surface area contributed by atoms with Gasteiger partial charge in [-0.2, -0.15) is 0 Å². The summed E-state index contributed by atoms with van der Waals surface area (Å²) < 4.78 is 25.3. The summed E-state index contributed by atoms with van der Waals surface area (Å²) in [5.41, 5.74) is -0.303. The first-order valence-corrected chi connectivity index (χ1v) is 6.19. The molecular weight excluding hydrogens is 202 g/mol. The molecule has 1 N–H and O–H groups in total. The van der Waals surface area contributed by atoms with Gasteiger partial charge in [-0.05, 0) is 19.3 Å². The van der Waals surface area contributed by atoms with Gasteiger partial charge in [0.05, 0.1) is 11.8 Å². The normalized spacial score (nSPS) is 15.2. The Labute approximate surface area is 86.1 Å². The molecule has 0 amide bonds. The topological polar surface area (TPSA) is 63.2 Å². The van der Waals surface area contributed by atoms with Crippen LogP contribution in [0.25, 0.3) is 0 Å². The van der Waals surface area contributed by atoms with Crippen LogP contribution in [0.4, 0.5) is 0 Å². The number of carbonyl (C=O) groups excluding carboxylic acids is 1. The van der Waals surface area contributed by atoms with E-state index in [0.29, 0.717) is 0 Å². The molecule has 0 saturated heterocycles. The molecule has 0 radical (unpaired) electrons. The lowest BCUT2D eigenvalue weighted by Gasteiger charge is -2.19. The zero-order chi connectivity index (χ0) is 11.6. The smallest absolute Gasteiger partial charge is 0.212 e. The molecule has 0 saturated carbocycles. The summed E-state index contributed by atoms with van der Waals surface area (Å²) in [6, 6.07) is -0.637. The van der Waals surface area contributed by atoms with Crippen molar-refractivity contribution in [2.75, 3.05) is 5.75 Å². The van der Waals surface area contributed by atoms with Crippen LogP contribution in [-0.2, 0) is 14.8 Å². The highest BCUT2D eigenvalue weighted by molar-refractivity contribution is 7.89. The lowest BCUT2D eigenvalue weighted by molar-refractivity contribution is -0.118. The van der Waals surface area contributed by atoms with Crippen LogP contribution in [0.1, 0.15) is 34.6 Å². The van der Waals surface area contributed by atoms with Gasteiger partial charge in [-0.3, -0.25) is 4.79 Å². The highest BCUT2D eigenvalue weighted by Gasteiger charge is 2.24. The first kappa shape index (κ1) is 13.6. The average Bonchev–Trinajstić information content (AvgIpc) is 1.78. The Bertz CT molecular complexity index is 301. The summed E-state index contributed by atoms with van der Waals surface area (Å²) in [4.78, 5) is 10.9. The predicted octanol–water partition coefficient (Wildman–Crippen LogP) is 0.929. The molecule has 0 spiro atoms. The minimum atomic E-state index is -3.35. The number of rotatable bonds is 4. The van der Waals surface area contributed by atoms with Gasteiger partial charge in [0.2, 0.25) is 10.0 Å². The molecule has 0 rings (SSSR count). The second-order valence-electron chi connectivity index (χ2n) is 4.77. The Balaban J connectivity index is 4.45. The van der Waals surface area contributed by atoms with E-state index in [9.17, 15) is 13.2 Å². The first-order valence-electron chi connectivity index (χ1n) is 4.54. The number of carbonyl (C=O) groups is 1. The van der Waals surface area contributed by atoms with Crippen molar-refractivity contribution in [2.24, 2.45) is 5.41 Å². The molecule has 1 unspecified atom stereocenters. The Morgan fingerprint density at radius 1 is 1.36 bits per heavy atom. The van der Waals surface area contributed by atoms with Crippen molar-refractivity contribution >= 4 is 15.8 Å². The maximum Gasteiger partial charge on any atom is 0.212 e. The molecule has 0 aliphatic rings. The highest BCUT2D eigenvalue weighted by Crippen LogP contribution is 2.15. The SMILES string of the molecule is CC(=O)C(C)NS(=O)(=O)CC(C)(C)C. The molecule has 4 nitrogen and oxygen atoms in total.